The summed E-state index contributed by atoms with van der Waals surface area (Å²) in [7, 11) is 2.13. The number of alkyl halides is 1. The molecule has 0 radical (unpaired) electrons. The smallest absolute Gasteiger partial charge is 0.0648 e. The van der Waals surface area contributed by atoms with Crippen molar-refractivity contribution in [1.82, 2.24) is 4.98 Å². The minimum atomic E-state index is 0.468. The molecule has 1 aliphatic heterocycles. The van der Waals surface area contributed by atoms with Crippen molar-refractivity contribution >= 4 is 17.3 Å². The van der Waals surface area contributed by atoms with Gasteiger partial charge in [0.15, 0.2) is 0 Å². The maximum Gasteiger partial charge on any atom is 0.0648 e. The molecule has 2 heterocycles. The van der Waals surface area contributed by atoms with Crippen molar-refractivity contribution in [3.63, 3.8) is 0 Å². The molecule has 3 nitrogen and oxygen atoms in total. The summed E-state index contributed by atoms with van der Waals surface area (Å²) >= 11 is 5.79. The van der Waals surface area contributed by atoms with Gasteiger partial charge in [-0.2, -0.15) is 0 Å². The van der Waals surface area contributed by atoms with E-state index in [0.717, 1.165) is 31.7 Å². The van der Waals surface area contributed by atoms with Gasteiger partial charge in [-0.15, -0.1) is 11.6 Å². The summed E-state index contributed by atoms with van der Waals surface area (Å²) in [4.78, 5) is 6.51. The molecule has 0 bridgehead atoms. The van der Waals surface area contributed by atoms with Gasteiger partial charge in [0.05, 0.1) is 11.6 Å². The largest absolute Gasteiger partial charge is 0.381 e. The summed E-state index contributed by atoms with van der Waals surface area (Å²) < 4.78 is 5.37. The number of nitrogens with zero attached hydrogens (tertiary/aromatic N) is 2. The third kappa shape index (κ3) is 2.66. The van der Waals surface area contributed by atoms with Gasteiger partial charge >= 0.3 is 0 Å². The molecule has 88 valence electrons. The zero-order valence-electron chi connectivity index (χ0n) is 9.53. The lowest BCUT2D eigenvalue weighted by molar-refractivity contribution is 0.0855. The molecule has 2 rings (SSSR count). The number of hydrogen-bond acceptors (Lipinski definition) is 3. The van der Waals surface area contributed by atoms with Crippen molar-refractivity contribution in [3.8, 4) is 0 Å². The number of halogens is 1. The van der Waals surface area contributed by atoms with Gasteiger partial charge in [0.1, 0.15) is 0 Å². The zero-order valence-corrected chi connectivity index (χ0v) is 10.3. The fourth-order valence-electron chi connectivity index (χ4n) is 2.04. The number of pyridine rings is 1. The van der Waals surface area contributed by atoms with Gasteiger partial charge in [0.25, 0.3) is 0 Å². The van der Waals surface area contributed by atoms with Gasteiger partial charge in [-0.1, -0.05) is 0 Å². The molecular weight excluding hydrogens is 224 g/mol. The van der Waals surface area contributed by atoms with E-state index in [4.69, 9.17) is 16.3 Å². The zero-order chi connectivity index (χ0) is 11.4. The van der Waals surface area contributed by atoms with Crippen LogP contribution in [0.5, 0.6) is 0 Å². The lowest BCUT2D eigenvalue weighted by atomic mass is 10.1. The Balaban J connectivity index is 2.09. The number of aromatic nitrogens is 1. The monoisotopic (exact) mass is 240 g/mol. The van der Waals surface area contributed by atoms with Gasteiger partial charge in [-0.3, -0.25) is 4.98 Å². The third-order valence-electron chi connectivity index (χ3n) is 3.08. The maximum absolute atomic E-state index is 5.79. The Hall–Kier alpha value is -0.800. The van der Waals surface area contributed by atoms with Crippen LogP contribution < -0.4 is 4.90 Å². The Kier molecular flexibility index (Phi) is 4.02. The van der Waals surface area contributed by atoms with Crippen molar-refractivity contribution < 1.29 is 4.74 Å². The molecule has 0 atom stereocenters. The van der Waals surface area contributed by atoms with E-state index in [1.807, 2.05) is 12.3 Å². The second-order valence-electron chi connectivity index (χ2n) is 4.09. The van der Waals surface area contributed by atoms with E-state index in [2.05, 4.69) is 23.0 Å². The van der Waals surface area contributed by atoms with E-state index in [0.29, 0.717) is 11.9 Å². The van der Waals surface area contributed by atoms with Crippen LogP contribution in [0.3, 0.4) is 0 Å². The van der Waals surface area contributed by atoms with Crippen LogP contribution in [0.2, 0.25) is 0 Å². The summed E-state index contributed by atoms with van der Waals surface area (Å²) in [5.74, 6) is 0.468. The topological polar surface area (TPSA) is 25.4 Å². The normalized spacial score (nSPS) is 17.4. The summed E-state index contributed by atoms with van der Waals surface area (Å²) in [6.45, 7) is 1.73. The van der Waals surface area contributed by atoms with Gasteiger partial charge < -0.3 is 9.64 Å². The molecule has 0 aliphatic carbocycles. The van der Waals surface area contributed by atoms with Crippen molar-refractivity contribution in [1.29, 1.82) is 0 Å². The van der Waals surface area contributed by atoms with Gasteiger partial charge in [0, 0.05) is 38.2 Å². The number of rotatable bonds is 3. The average Bonchev–Trinajstić information content (AvgIpc) is 2.39. The molecule has 0 aromatic carbocycles. The molecule has 1 fully saturated rings. The molecule has 16 heavy (non-hydrogen) atoms. The van der Waals surface area contributed by atoms with Crippen LogP contribution in [-0.2, 0) is 10.6 Å². The minimum absolute atomic E-state index is 0.468. The molecule has 1 saturated heterocycles. The van der Waals surface area contributed by atoms with Gasteiger partial charge in [-0.05, 0) is 25.0 Å². The van der Waals surface area contributed by atoms with Crippen LogP contribution in [0.15, 0.2) is 18.3 Å². The molecule has 0 saturated carbocycles. The quantitative estimate of drug-likeness (QED) is 0.759. The van der Waals surface area contributed by atoms with Crippen LogP contribution in [0.1, 0.15) is 18.5 Å². The van der Waals surface area contributed by atoms with Crippen molar-refractivity contribution in [2.75, 3.05) is 25.2 Å². The van der Waals surface area contributed by atoms with Crippen molar-refractivity contribution in [3.05, 3.63) is 24.0 Å². The Morgan fingerprint density at radius 2 is 2.25 bits per heavy atom. The lowest BCUT2D eigenvalue weighted by Crippen LogP contribution is -2.36. The Morgan fingerprint density at radius 3 is 2.94 bits per heavy atom. The molecule has 1 aromatic rings. The van der Waals surface area contributed by atoms with Crippen LogP contribution in [0, 0.1) is 0 Å². The fraction of sp³-hybridized carbons (Fsp3) is 0.583. The second-order valence-corrected chi connectivity index (χ2v) is 4.36. The summed E-state index contributed by atoms with van der Waals surface area (Å²) in [6, 6.07) is 4.66. The van der Waals surface area contributed by atoms with E-state index >= 15 is 0 Å². The standard InChI is InChI=1S/C12H17ClN2O/c1-15(11-3-6-16-7-4-11)12-2-5-14-10(8-12)9-13/h2,5,8,11H,3-4,6-7,9H2,1H3. The highest BCUT2D eigenvalue weighted by molar-refractivity contribution is 6.16. The average molecular weight is 241 g/mol. The van der Waals surface area contributed by atoms with Gasteiger partial charge in [-0.25, -0.2) is 0 Å². The number of anilines is 1. The van der Waals surface area contributed by atoms with E-state index in [1.54, 1.807) is 0 Å². The SMILES string of the molecule is CN(c1ccnc(CCl)c1)C1CCOCC1. The first-order valence-electron chi connectivity index (χ1n) is 5.62. The Bertz CT molecular complexity index is 340. The lowest BCUT2D eigenvalue weighted by Gasteiger charge is -2.33. The summed E-state index contributed by atoms with van der Waals surface area (Å²) in [6.07, 6.45) is 4.01. The highest BCUT2D eigenvalue weighted by atomic mass is 35.5. The van der Waals surface area contributed by atoms with Crippen LogP contribution >= 0.6 is 11.6 Å². The molecule has 0 spiro atoms. The van der Waals surface area contributed by atoms with Crippen molar-refractivity contribution in [2.24, 2.45) is 0 Å². The molecule has 0 N–H and O–H groups in total. The summed E-state index contributed by atoms with van der Waals surface area (Å²) in [5.41, 5.74) is 2.12. The molecular formula is C12H17ClN2O. The van der Waals surface area contributed by atoms with E-state index < -0.39 is 0 Å². The number of hydrogen-bond donors (Lipinski definition) is 0. The van der Waals surface area contributed by atoms with E-state index in [1.165, 1.54) is 5.69 Å². The minimum Gasteiger partial charge on any atom is -0.381 e. The van der Waals surface area contributed by atoms with Crippen LogP contribution in [0.25, 0.3) is 0 Å². The Morgan fingerprint density at radius 1 is 1.50 bits per heavy atom. The van der Waals surface area contributed by atoms with Crippen LogP contribution in [0.4, 0.5) is 5.69 Å². The predicted molar refractivity (Wildman–Crippen MR) is 66.0 cm³/mol. The number of ether oxygens (including phenoxy) is 1. The van der Waals surface area contributed by atoms with E-state index in [9.17, 15) is 0 Å². The summed E-state index contributed by atoms with van der Waals surface area (Å²) in [5, 5.41) is 0. The first-order valence-corrected chi connectivity index (χ1v) is 6.16. The maximum atomic E-state index is 5.79. The fourth-order valence-corrected chi connectivity index (χ4v) is 2.19. The molecule has 1 aromatic heterocycles. The molecule has 1 aliphatic rings. The molecule has 4 heteroatoms. The van der Waals surface area contributed by atoms with E-state index in [-0.39, 0.29) is 0 Å². The molecule has 0 amide bonds. The predicted octanol–water partition coefficient (Wildman–Crippen LogP) is 2.44. The second kappa shape index (κ2) is 5.51. The molecule has 0 unspecified atom stereocenters. The Labute approximate surface area is 101 Å². The first kappa shape index (κ1) is 11.7. The van der Waals surface area contributed by atoms with Gasteiger partial charge in [0.2, 0.25) is 0 Å². The third-order valence-corrected chi connectivity index (χ3v) is 3.36. The van der Waals surface area contributed by atoms with Crippen LogP contribution in [-0.4, -0.2) is 31.3 Å². The first-order chi connectivity index (χ1) is 7.81. The highest BCUT2D eigenvalue weighted by Gasteiger charge is 2.18. The van der Waals surface area contributed by atoms with Crippen molar-refractivity contribution in [2.45, 2.75) is 24.8 Å². The highest BCUT2D eigenvalue weighted by Crippen LogP contribution is 2.21.